The fraction of sp³-hybridized carbons (Fsp3) is 0.529. The lowest BCUT2D eigenvalue weighted by Gasteiger charge is -2.21. The monoisotopic (exact) mass is 286 g/mol. The molecule has 21 heavy (non-hydrogen) atoms. The molecular formula is C17H26N4. The Morgan fingerprint density at radius 3 is 2.29 bits per heavy atom. The molecule has 1 heterocycles. The highest BCUT2D eigenvalue weighted by atomic mass is 15.3. The van der Waals surface area contributed by atoms with Crippen LogP contribution in [0.25, 0.3) is 0 Å². The van der Waals surface area contributed by atoms with E-state index >= 15 is 0 Å². The molecule has 2 rings (SSSR count). The first-order valence-electron chi connectivity index (χ1n) is 7.67. The molecule has 1 aromatic heterocycles. The molecule has 2 atom stereocenters. The molecule has 0 spiro atoms. The second-order valence-electron chi connectivity index (χ2n) is 6.06. The van der Waals surface area contributed by atoms with Crippen molar-refractivity contribution in [2.75, 3.05) is 0 Å². The topological polar surface area (TPSA) is 42.7 Å². The summed E-state index contributed by atoms with van der Waals surface area (Å²) in [5, 5.41) is 12.1. The van der Waals surface area contributed by atoms with Gasteiger partial charge in [0.2, 0.25) is 0 Å². The molecule has 1 aromatic carbocycles. The first kappa shape index (κ1) is 15.7. The number of nitrogens with one attached hydrogen (secondary N) is 1. The Morgan fingerprint density at radius 1 is 1.05 bits per heavy atom. The van der Waals surface area contributed by atoms with Gasteiger partial charge in [0.15, 0.2) is 0 Å². The fourth-order valence-corrected chi connectivity index (χ4v) is 2.51. The van der Waals surface area contributed by atoms with Crippen LogP contribution in [0.2, 0.25) is 0 Å². The molecule has 0 unspecified atom stereocenters. The normalized spacial score (nSPS) is 14.4. The maximum absolute atomic E-state index is 4.29. The maximum Gasteiger partial charge on any atom is 0.146 e. The van der Waals surface area contributed by atoms with E-state index in [1.54, 1.807) is 0 Å². The first-order chi connectivity index (χ1) is 10.0. The molecule has 0 bridgehead atoms. The van der Waals surface area contributed by atoms with Crippen molar-refractivity contribution < 1.29 is 0 Å². The van der Waals surface area contributed by atoms with Gasteiger partial charge < -0.3 is 9.88 Å². The summed E-state index contributed by atoms with van der Waals surface area (Å²) in [7, 11) is 2.04. The zero-order valence-electron chi connectivity index (χ0n) is 13.7. The Bertz CT molecular complexity index is 559. The summed E-state index contributed by atoms with van der Waals surface area (Å²) in [6.07, 6.45) is 0. The van der Waals surface area contributed by atoms with Gasteiger partial charge in [-0.25, -0.2) is 0 Å². The molecule has 0 aliphatic heterocycles. The van der Waals surface area contributed by atoms with Gasteiger partial charge in [-0.05, 0) is 18.4 Å². The quantitative estimate of drug-likeness (QED) is 0.886. The van der Waals surface area contributed by atoms with Gasteiger partial charge in [0.05, 0.1) is 6.54 Å². The van der Waals surface area contributed by atoms with Gasteiger partial charge in [0.1, 0.15) is 11.6 Å². The minimum absolute atomic E-state index is 0.381. The molecule has 2 aromatic rings. The van der Waals surface area contributed by atoms with E-state index < -0.39 is 0 Å². The SMILES string of the molecule is CC(C)c1nnc(CN[C@@H](C)[C@H](C)c2ccccc2)n1C. The first-order valence-corrected chi connectivity index (χ1v) is 7.67. The molecule has 4 nitrogen and oxygen atoms in total. The highest BCUT2D eigenvalue weighted by Gasteiger charge is 2.16. The lowest BCUT2D eigenvalue weighted by molar-refractivity contribution is 0.467. The second kappa shape index (κ2) is 6.85. The highest BCUT2D eigenvalue weighted by molar-refractivity contribution is 5.20. The lowest BCUT2D eigenvalue weighted by Crippen LogP contribution is -2.31. The number of benzene rings is 1. The summed E-state index contributed by atoms with van der Waals surface area (Å²) >= 11 is 0. The van der Waals surface area contributed by atoms with Crippen molar-refractivity contribution >= 4 is 0 Å². The Morgan fingerprint density at radius 2 is 1.71 bits per heavy atom. The lowest BCUT2D eigenvalue weighted by atomic mass is 9.94. The van der Waals surface area contributed by atoms with Crippen molar-refractivity contribution in [2.24, 2.45) is 7.05 Å². The number of rotatable bonds is 6. The third kappa shape index (κ3) is 3.70. The summed E-state index contributed by atoms with van der Waals surface area (Å²) in [6.45, 7) is 9.50. The predicted octanol–water partition coefficient (Wildman–Crippen LogP) is 3.22. The zero-order chi connectivity index (χ0) is 15.4. The minimum Gasteiger partial charge on any atom is -0.317 e. The number of nitrogens with zero attached hydrogens (tertiary/aromatic N) is 3. The van der Waals surface area contributed by atoms with Crippen LogP contribution in [0.5, 0.6) is 0 Å². The molecule has 1 N–H and O–H groups in total. The largest absolute Gasteiger partial charge is 0.317 e. The third-order valence-electron chi connectivity index (χ3n) is 4.17. The Hall–Kier alpha value is -1.68. The van der Waals surface area contributed by atoms with Crippen molar-refractivity contribution in [2.45, 2.75) is 52.1 Å². The minimum atomic E-state index is 0.381. The van der Waals surface area contributed by atoms with E-state index in [0.29, 0.717) is 17.9 Å². The maximum atomic E-state index is 4.29. The Kier molecular flexibility index (Phi) is 5.12. The number of hydrogen-bond donors (Lipinski definition) is 1. The summed E-state index contributed by atoms with van der Waals surface area (Å²) in [6, 6.07) is 11.0. The van der Waals surface area contributed by atoms with Gasteiger partial charge in [-0.2, -0.15) is 0 Å². The Labute approximate surface area is 127 Å². The van der Waals surface area contributed by atoms with Crippen LogP contribution < -0.4 is 5.32 Å². The van der Waals surface area contributed by atoms with Gasteiger partial charge in [-0.3, -0.25) is 0 Å². The number of hydrogen-bond acceptors (Lipinski definition) is 3. The molecule has 0 aliphatic carbocycles. The fourth-order valence-electron chi connectivity index (χ4n) is 2.51. The van der Waals surface area contributed by atoms with E-state index in [2.05, 4.69) is 78.1 Å². The summed E-state index contributed by atoms with van der Waals surface area (Å²) in [4.78, 5) is 0. The van der Waals surface area contributed by atoms with Crippen molar-refractivity contribution in [3.63, 3.8) is 0 Å². The summed E-state index contributed by atoms with van der Waals surface area (Å²) in [5.41, 5.74) is 1.36. The van der Waals surface area contributed by atoms with E-state index in [-0.39, 0.29) is 0 Å². The van der Waals surface area contributed by atoms with Gasteiger partial charge in [0.25, 0.3) is 0 Å². The van der Waals surface area contributed by atoms with E-state index in [9.17, 15) is 0 Å². The van der Waals surface area contributed by atoms with Gasteiger partial charge in [-0.1, -0.05) is 51.1 Å². The molecular weight excluding hydrogens is 260 g/mol. The molecule has 4 heteroatoms. The van der Waals surface area contributed by atoms with E-state index in [0.717, 1.165) is 18.2 Å². The molecule has 0 saturated heterocycles. The van der Waals surface area contributed by atoms with Crippen LogP contribution in [0.3, 0.4) is 0 Å². The molecule has 0 saturated carbocycles. The average molecular weight is 286 g/mol. The zero-order valence-corrected chi connectivity index (χ0v) is 13.7. The average Bonchev–Trinajstić information content (AvgIpc) is 2.86. The van der Waals surface area contributed by atoms with Crippen LogP contribution in [0.1, 0.15) is 56.7 Å². The van der Waals surface area contributed by atoms with Crippen LogP contribution in [-0.4, -0.2) is 20.8 Å². The van der Waals surface area contributed by atoms with Gasteiger partial charge >= 0.3 is 0 Å². The Balaban J connectivity index is 1.97. The van der Waals surface area contributed by atoms with Gasteiger partial charge in [-0.15, -0.1) is 10.2 Å². The van der Waals surface area contributed by atoms with Gasteiger partial charge in [0, 0.05) is 19.0 Å². The van der Waals surface area contributed by atoms with Crippen molar-refractivity contribution in [1.82, 2.24) is 20.1 Å². The summed E-state index contributed by atoms with van der Waals surface area (Å²) < 4.78 is 2.09. The highest BCUT2D eigenvalue weighted by Crippen LogP contribution is 2.19. The molecule has 0 fully saturated rings. The third-order valence-corrected chi connectivity index (χ3v) is 4.17. The summed E-state index contributed by atoms with van der Waals surface area (Å²) in [5.74, 6) is 2.89. The molecule has 0 aliphatic rings. The standard InChI is InChI=1S/C17H26N4/c1-12(2)17-20-19-16(21(17)5)11-18-14(4)13(3)15-9-7-6-8-10-15/h6-10,12-14,18H,11H2,1-5H3/t13-,14-/m0/s1. The van der Waals surface area contributed by atoms with Crippen LogP contribution >= 0.6 is 0 Å². The van der Waals surface area contributed by atoms with E-state index in [4.69, 9.17) is 0 Å². The second-order valence-corrected chi connectivity index (χ2v) is 6.06. The molecule has 0 radical (unpaired) electrons. The molecule has 0 amide bonds. The molecule has 114 valence electrons. The van der Waals surface area contributed by atoms with Crippen LogP contribution in [-0.2, 0) is 13.6 Å². The van der Waals surface area contributed by atoms with Crippen molar-refractivity contribution in [3.8, 4) is 0 Å². The predicted molar refractivity (Wildman–Crippen MR) is 86.3 cm³/mol. The van der Waals surface area contributed by atoms with Crippen LogP contribution in [0.15, 0.2) is 30.3 Å². The van der Waals surface area contributed by atoms with Crippen molar-refractivity contribution in [1.29, 1.82) is 0 Å². The van der Waals surface area contributed by atoms with Crippen LogP contribution in [0.4, 0.5) is 0 Å². The van der Waals surface area contributed by atoms with Crippen molar-refractivity contribution in [3.05, 3.63) is 47.5 Å². The smallest absolute Gasteiger partial charge is 0.146 e. The van der Waals surface area contributed by atoms with E-state index in [1.807, 2.05) is 7.05 Å². The number of aromatic nitrogens is 3. The van der Waals surface area contributed by atoms with E-state index in [1.165, 1.54) is 5.56 Å². The van der Waals surface area contributed by atoms with Crippen LogP contribution in [0, 0.1) is 0 Å².